The molecule has 0 aliphatic carbocycles. The molecule has 0 amide bonds. The summed E-state index contributed by atoms with van der Waals surface area (Å²) >= 11 is 0. The highest BCUT2D eigenvalue weighted by Crippen LogP contribution is 1.89. The van der Waals surface area contributed by atoms with Crippen molar-refractivity contribution in [3.63, 3.8) is 0 Å². The molecule has 19 heavy (non-hydrogen) atoms. The van der Waals surface area contributed by atoms with E-state index < -0.39 is 0 Å². The maximum absolute atomic E-state index is 10.8. The highest BCUT2D eigenvalue weighted by atomic mass is 16.1. The highest BCUT2D eigenvalue weighted by molar-refractivity contribution is 5.77. The molecule has 0 aromatic rings. The van der Waals surface area contributed by atoms with E-state index in [1.54, 1.807) is 6.92 Å². The fraction of sp³-hybridized carbons (Fsp3) is 0.938. The summed E-state index contributed by atoms with van der Waals surface area (Å²) in [5, 5.41) is 0. The molecule has 0 unspecified atom stereocenters. The van der Waals surface area contributed by atoms with Crippen molar-refractivity contribution in [2.75, 3.05) is 40.3 Å². The van der Waals surface area contributed by atoms with E-state index in [1.807, 2.05) is 48.6 Å². The minimum absolute atomic E-state index is 0.237. The molecule has 0 spiro atoms. The fourth-order valence-corrected chi connectivity index (χ4v) is 1.29. The number of carbonyl (C=O) groups is 1. The number of likely N-dealkylation sites (N-methyl/N-ethyl adjacent to an activating group) is 2. The van der Waals surface area contributed by atoms with Crippen LogP contribution in [0.25, 0.3) is 0 Å². The van der Waals surface area contributed by atoms with Crippen LogP contribution < -0.4 is 0 Å². The summed E-state index contributed by atoms with van der Waals surface area (Å²) in [5.41, 5.74) is 0. The molecule has 120 valence electrons. The Morgan fingerprint density at radius 2 is 1.16 bits per heavy atom. The Labute approximate surface area is 123 Å². The molecule has 0 N–H and O–H groups in total. The van der Waals surface area contributed by atoms with Crippen molar-refractivity contribution in [2.45, 2.75) is 61.8 Å². The maximum Gasteiger partial charge on any atom is 0.143 e. The fourth-order valence-electron chi connectivity index (χ4n) is 1.29. The second-order valence-electron chi connectivity index (χ2n) is 3.74. The lowest BCUT2D eigenvalue weighted by molar-refractivity contribution is -0.117. The zero-order valence-corrected chi connectivity index (χ0v) is 15.3. The van der Waals surface area contributed by atoms with Crippen molar-refractivity contribution in [2.24, 2.45) is 0 Å². The van der Waals surface area contributed by atoms with E-state index in [0.717, 1.165) is 19.6 Å². The van der Waals surface area contributed by atoms with Gasteiger partial charge in [-0.15, -0.1) is 0 Å². The van der Waals surface area contributed by atoms with Gasteiger partial charge in [0.1, 0.15) is 5.78 Å². The first-order chi connectivity index (χ1) is 9.06. The molecule has 0 aromatic carbocycles. The van der Waals surface area contributed by atoms with E-state index in [4.69, 9.17) is 0 Å². The number of ketones is 1. The summed E-state index contributed by atoms with van der Waals surface area (Å²) in [4.78, 5) is 15.1. The monoisotopic (exact) mass is 276 g/mol. The second-order valence-corrected chi connectivity index (χ2v) is 3.74. The molecule has 0 saturated carbocycles. The predicted octanol–water partition coefficient (Wildman–Crippen LogP) is 3.93. The quantitative estimate of drug-likeness (QED) is 0.704. The summed E-state index contributed by atoms with van der Waals surface area (Å²) in [6, 6.07) is 0. The van der Waals surface area contributed by atoms with Crippen LogP contribution in [0, 0.1) is 0 Å². The number of carbonyl (C=O) groups excluding carboxylic acids is 1. The SMILES string of the molecule is CC.CC.CC.CCCN(C)CCN(C)CC(C)=O. The highest BCUT2D eigenvalue weighted by Gasteiger charge is 2.02. The zero-order chi connectivity index (χ0) is 16.3. The van der Waals surface area contributed by atoms with Crippen molar-refractivity contribution < 1.29 is 4.79 Å². The summed E-state index contributed by atoms with van der Waals surface area (Å²) in [6.07, 6.45) is 1.19. The molecule has 0 rings (SSSR count). The van der Waals surface area contributed by atoms with Gasteiger partial charge in [0.15, 0.2) is 0 Å². The van der Waals surface area contributed by atoms with Crippen molar-refractivity contribution >= 4 is 5.78 Å². The number of Topliss-reactive ketones (excluding diaryl/α,β-unsaturated/α-hetero) is 1. The van der Waals surface area contributed by atoms with Gasteiger partial charge in [-0.25, -0.2) is 0 Å². The molecule has 0 aliphatic heterocycles. The largest absolute Gasteiger partial charge is 0.305 e. The van der Waals surface area contributed by atoms with Gasteiger partial charge in [-0.2, -0.15) is 0 Å². The Morgan fingerprint density at radius 1 is 0.789 bits per heavy atom. The third kappa shape index (κ3) is 31.8. The lowest BCUT2D eigenvalue weighted by atomic mass is 10.4. The first kappa shape index (κ1) is 27.0. The molecule has 0 aromatic heterocycles. The normalized spacial score (nSPS) is 8.63. The van der Waals surface area contributed by atoms with E-state index in [2.05, 4.69) is 23.8 Å². The van der Waals surface area contributed by atoms with Gasteiger partial charge in [0.2, 0.25) is 0 Å². The van der Waals surface area contributed by atoms with Gasteiger partial charge in [-0.1, -0.05) is 48.5 Å². The van der Waals surface area contributed by atoms with E-state index in [0.29, 0.717) is 6.54 Å². The second kappa shape index (κ2) is 26.2. The molecule has 0 saturated heterocycles. The molecule has 0 aliphatic rings. The molecule has 0 heterocycles. The lowest BCUT2D eigenvalue weighted by Gasteiger charge is -2.20. The molecule has 0 radical (unpaired) electrons. The van der Waals surface area contributed by atoms with Crippen molar-refractivity contribution in [3.05, 3.63) is 0 Å². The van der Waals surface area contributed by atoms with Crippen LogP contribution in [0.3, 0.4) is 0 Å². The molecule has 0 bridgehead atoms. The third-order valence-electron chi connectivity index (χ3n) is 1.96. The van der Waals surface area contributed by atoms with Crippen LogP contribution >= 0.6 is 0 Å². The van der Waals surface area contributed by atoms with E-state index in [9.17, 15) is 4.79 Å². The zero-order valence-electron chi connectivity index (χ0n) is 15.3. The summed E-state index contributed by atoms with van der Waals surface area (Å²) in [7, 11) is 4.10. The standard InChI is InChI=1S/C10H22N2O.3C2H6/c1-5-6-11(3)7-8-12(4)9-10(2)13;3*1-2/h5-9H2,1-4H3;3*1-2H3. The lowest BCUT2D eigenvalue weighted by Crippen LogP contribution is -2.33. The van der Waals surface area contributed by atoms with Gasteiger partial charge in [-0.05, 0) is 34.0 Å². The number of hydrogen-bond acceptors (Lipinski definition) is 3. The van der Waals surface area contributed by atoms with Crippen molar-refractivity contribution in [3.8, 4) is 0 Å². The van der Waals surface area contributed by atoms with Crippen LogP contribution in [0.4, 0.5) is 0 Å². The van der Waals surface area contributed by atoms with Gasteiger partial charge in [0, 0.05) is 13.1 Å². The van der Waals surface area contributed by atoms with Gasteiger partial charge in [0.05, 0.1) is 6.54 Å². The molecule has 3 nitrogen and oxygen atoms in total. The number of nitrogens with zero attached hydrogens (tertiary/aromatic N) is 2. The van der Waals surface area contributed by atoms with Gasteiger partial charge < -0.3 is 4.90 Å². The molecule has 0 atom stereocenters. The number of hydrogen-bond donors (Lipinski definition) is 0. The van der Waals surface area contributed by atoms with E-state index in [-0.39, 0.29) is 5.78 Å². The van der Waals surface area contributed by atoms with Crippen molar-refractivity contribution in [1.29, 1.82) is 0 Å². The van der Waals surface area contributed by atoms with Crippen LogP contribution in [0.15, 0.2) is 0 Å². The van der Waals surface area contributed by atoms with Gasteiger partial charge >= 0.3 is 0 Å². The molecule has 3 heteroatoms. The van der Waals surface area contributed by atoms with Crippen molar-refractivity contribution in [1.82, 2.24) is 9.80 Å². The average molecular weight is 277 g/mol. The Hall–Kier alpha value is -0.410. The minimum atomic E-state index is 0.237. The first-order valence-corrected chi connectivity index (χ1v) is 7.92. The Kier molecular flexibility index (Phi) is 37.3. The maximum atomic E-state index is 10.8. The summed E-state index contributed by atoms with van der Waals surface area (Å²) in [6.45, 7) is 19.5. The van der Waals surface area contributed by atoms with Crippen LogP contribution in [0.2, 0.25) is 0 Å². The Morgan fingerprint density at radius 3 is 1.47 bits per heavy atom. The minimum Gasteiger partial charge on any atom is -0.305 e. The van der Waals surface area contributed by atoms with Crippen LogP contribution in [-0.2, 0) is 4.79 Å². The molecular formula is C16H40N2O. The predicted molar refractivity (Wildman–Crippen MR) is 90.0 cm³/mol. The van der Waals surface area contributed by atoms with E-state index in [1.165, 1.54) is 6.42 Å². The smallest absolute Gasteiger partial charge is 0.143 e. The van der Waals surface area contributed by atoms with E-state index >= 15 is 0 Å². The first-order valence-electron chi connectivity index (χ1n) is 7.92. The van der Waals surface area contributed by atoms with Gasteiger partial charge in [0.25, 0.3) is 0 Å². The Balaban J connectivity index is -0.000000163. The van der Waals surface area contributed by atoms with Gasteiger partial charge in [-0.3, -0.25) is 9.69 Å². The molecular weight excluding hydrogens is 236 g/mol. The third-order valence-corrected chi connectivity index (χ3v) is 1.96. The summed E-state index contributed by atoms with van der Waals surface area (Å²) in [5.74, 6) is 0.237. The van der Waals surface area contributed by atoms with Crippen LogP contribution in [0.5, 0.6) is 0 Å². The molecule has 0 fully saturated rings. The average Bonchev–Trinajstić information content (AvgIpc) is 2.43. The Bertz CT molecular complexity index is 150. The topological polar surface area (TPSA) is 23.6 Å². The van der Waals surface area contributed by atoms with Crippen LogP contribution in [0.1, 0.15) is 61.8 Å². The number of rotatable bonds is 7. The summed E-state index contributed by atoms with van der Waals surface area (Å²) < 4.78 is 0. The van der Waals surface area contributed by atoms with Crippen LogP contribution in [-0.4, -0.2) is 55.9 Å².